The van der Waals surface area contributed by atoms with Crippen molar-refractivity contribution in [2.45, 2.75) is 53.5 Å². The van der Waals surface area contributed by atoms with E-state index in [1.165, 1.54) is 6.92 Å². The van der Waals surface area contributed by atoms with Crippen LogP contribution in [0.25, 0.3) is 0 Å². The number of hydrogen-bond donors (Lipinski definition) is 8. The highest BCUT2D eigenvalue weighted by Crippen LogP contribution is 2.25. The number of anilines is 8. The fraction of sp³-hybridized carbons (Fsp3) is 0.486. The molecule has 3 aromatic rings. The van der Waals surface area contributed by atoms with Crippen LogP contribution in [0.15, 0.2) is 42.5 Å². The molecule has 1 unspecified atom stereocenters. The molecule has 0 saturated carbocycles. The number of hydrogen-bond acceptors (Lipinski definition) is 14. The maximum atomic E-state index is 11.6. The number of carbonyl (C=O) groups excluding carboxylic acids is 3. The van der Waals surface area contributed by atoms with Gasteiger partial charge in [-0.1, -0.05) is 27.7 Å². The molecule has 3 rings (SSSR count). The van der Waals surface area contributed by atoms with Gasteiger partial charge in [-0.3, -0.25) is 14.4 Å². The second kappa shape index (κ2) is 23.4. The number of nitrogens with two attached hydrogens (primary N) is 2. The second-order valence-electron chi connectivity index (χ2n) is 11.5. The molecule has 0 aliphatic carbocycles. The van der Waals surface area contributed by atoms with Gasteiger partial charge in [0.25, 0.3) is 0 Å². The summed E-state index contributed by atoms with van der Waals surface area (Å²) in [6.45, 7) is 18.0. The zero-order valence-electron chi connectivity index (χ0n) is 30.9. The van der Waals surface area contributed by atoms with E-state index in [1.54, 1.807) is 25.2 Å². The van der Waals surface area contributed by atoms with Crippen LogP contribution in [0.3, 0.4) is 0 Å². The fourth-order valence-corrected chi connectivity index (χ4v) is 4.79. The van der Waals surface area contributed by atoms with Crippen LogP contribution in [0.2, 0.25) is 0 Å². The molecular weight excluding hydrogens is 650 g/mol. The largest absolute Gasteiger partial charge is 0.399 e. The average Bonchev–Trinajstić information content (AvgIpc) is 3.13. The Balaban J connectivity index is 0.000000404. The van der Waals surface area contributed by atoms with E-state index in [9.17, 15) is 14.4 Å². The van der Waals surface area contributed by atoms with Gasteiger partial charge in [0.15, 0.2) is 5.78 Å². The van der Waals surface area contributed by atoms with Crippen LogP contribution in [-0.4, -0.2) is 108 Å². The number of ketones is 1. The lowest BCUT2D eigenvalue weighted by molar-refractivity contribution is -0.126. The zero-order chi connectivity index (χ0) is 37.6. The molecular formula is C35H57N13O3. The van der Waals surface area contributed by atoms with E-state index in [0.717, 1.165) is 76.6 Å². The van der Waals surface area contributed by atoms with E-state index >= 15 is 0 Å². The molecule has 2 amide bonds. The van der Waals surface area contributed by atoms with Crippen molar-refractivity contribution in [1.82, 2.24) is 24.8 Å². The molecule has 16 nitrogen and oxygen atoms in total. The summed E-state index contributed by atoms with van der Waals surface area (Å²) in [6.07, 6.45) is 2.61. The van der Waals surface area contributed by atoms with Gasteiger partial charge < -0.3 is 53.2 Å². The third kappa shape index (κ3) is 15.6. The monoisotopic (exact) mass is 707 g/mol. The molecule has 0 aliphatic heterocycles. The molecule has 1 aromatic heterocycles. The maximum absolute atomic E-state index is 11.6. The molecule has 1 atom stereocenters. The Hall–Kier alpha value is -5.06. The lowest BCUT2D eigenvalue weighted by Crippen LogP contribution is -2.41. The van der Waals surface area contributed by atoms with Crippen molar-refractivity contribution in [2.24, 2.45) is 5.73 Å². The second-order valence-corrected chi connectivity index (χ2v) is 11.5. The molecule has 2 aromatic carbocycles. The number of nitrogens with zero attached hydrogens (tertiary/aromatic N) is 5. The SMILES string of the molecule is CCN(CC)CCCNc1nc(NCCCN(CC)CC)nc(Nc2ccc(N)cc2)n1.CNc1cc(NC(=O)C(N)C(C)=O)ccc1NC=O. The van der Waals surface area contributed by atoms with Gasteiger partial charge in [-0.05, 0) is 101 Å². The Morgan fingerprint density at radius 3 is 1.76 bits per heavy atom. The van der Waals surface area contributed by atoms with E-state index < -0.39 is 17.7 Å². The number of nitrogens with one attached hydrogen (secondary N) is 6. The Morgan fingerprint density at radius 1 is 0.784 bits per heavy atom. The number of amides is 2. The van der Waals surface area contributed by atoms with E-state index in [0.29, 0.717) is 41.3 Å². The minimum atomic E-state index is -1.19. The Labute approximate surface area is 301 Å². The third-order valence-electron chi connectivity index (χ3n) is 7.95. The highest BCUT2D eigenvalue weighted by Gasteiger charge is 2.18. The van der Waals surface area contributed by atoms with Crippen molar-refractivity contribution in [3.05, 3.63) is 42.5 Å². The molecule has 16 heteroatoms. The maximum Gasteiger partial charge on any atom is 0.248 e. The first-order chi connectivity index (χ1) is 24.6. The van der Waals surface area contributed by atoms with E-state index in [2.05, 4.69) is 84.3 Å². The summed E-state index contributed by atoms with van der Waals surface area (Å²) in [5.41, 5.74) is 14.5. The highest BCUT2D eigenvalue weighted by atomic mass is 16.2. The predicted octanol–water partition coefficient (Wildman–Crippen LogP) is 3.64. The summed E-state index contributed by atoms with van der Waals surface area (Å²) in [7, 11) is 1.68. The van der Waals surface area contributed by atoms with Gasteiger partial charge in [0, 0.05) is 37.2 Å². The number of aromatic nitrogens is 3. The summed E-state index contributed by atoms with van der Waals surface area (Å²) >= 11 is 0. The van der Waals surface area contributed by atoms with Crippen LogP contribution >= 0.6 is 0 Å². The minimum absolute atomic E-state index is 0.411. The topological polar surface area (TPSA) is 221 Å². The van der Waals surface area contributed by atoms with E-state index in [4.69, 9.17) is 11.5 Å². The van der Waals surface area contributed by atoms with Crippen LogP contribution in [0.5, 0.6) is 0 Å². The first-order valence-corrected chi connectivity index (χ1v) is 17.5. The van der Waals surface area contributed by atoms with Gasteiger partial charge in [-0.15, -0.1) is 0 Å². The molecule has 0 fully saturated rings. The molecule has 0 aliphatic rings. The molecule has 10 N–H and O–H groups in total. The van der Waals surface area contributed by atoms with Crippen LogP contribution in [-0.2, 0) is 14.4 Å². The zero-order valence-corrected chi connectivity index (χ0v) is 30.9. The van der Waals surface area contributed by atoms with Crippen LogP contribution in [0.1, 0.15) is 47.5 Å². The number of carbonyl (C=O) groups is 3. The van der Waals surface area contributed by atoms with Gasteiger partial charge in [0.05, 0.1) is 11.4 Å². The van der Waals surface area contributed by atoms with Gasteiger partial charge >= 0.3 is 0 Å². The quantitative estimate of drug-likeness (QED) is 0.0324. The summed E-state index contributed by atoms with van der Waals surface area (Å²) in [6, 6.07) is 11.2. The van der Waals surface area contributed by atoms with Crippen LogP contribution in [0, 0.1) is 0 Å². The number of nitrogen functional groups attached to an aromatic ring is 1. The molecule has 1 heterocycles. The first kappa shape index (κ1) is 42.1. The molecule has 0 spiro atoms. The van der Waals surface area contributed by atoms with Crippen molar-refractivity contribution in [3.63, 3.8) is 0 Å². The van der Waals surface area contributed by atoms with Crippen molar-refractivity contribution in [3.8, 4) is 0 Å². The third-order valence-corrected chi connectivity index (χ3v) is 7.95. The molecule has 0 bridgehead atoms. The number of rotatable bonds is 22. The molecule has 0 radical (unpaired) electrons. The van der Waals surface area contributed by atoms with Gasteiger partial charge in [0.2, 0.25) is 30.2 Å². The first-order valence-electron chi connectivity index (χ1n) is 17.5. The summed E-state index contributed by atoms with van der Waals surface area (Å²) in [5.74, 6) is 0.658. The summed E-state index contributed by atoms with van der Waals surface area (Å²) < 4.78 is 0. The van der Waals surface area contributed by atoms with Crippen LogP contribution < -0.4 is 43.4 Å². The van der Waals surface area contributed by atoms with Crippen molar-refractivity contribution >= 4 is 64.4 Å². The minimum Gasteiger partial charge on any atom is -0.399 e. The highest BCUT2D eigenvalue weighted by molar-refractivity contribution is 6.10. The van der Waals surface area contributed by atoms with Gasteiger partial charge in [-0.2, -0.15) is 15.0 Å². The lowest BCUT2D eigenvalue weighted by Gasteiger charge is -2.18. The molecule has 0 saturated heterocycles. The number of Topliss-reactive ketones (excluding diaryl/α,β-unsaturated/α-hetero) is 1. The van der Waals surface area contributed by atoms with Gasteiger partial charge in [0.1, 0.15) is 6.04 Å². The molecule has 280 valence electrons. The van der Waals surface area contributed by atoms with Crippen molar-refractivity contribution < 1.29 is 14.4 Å². The summed E-state index contributed by atoms with van der Waals surface area (Å²) in [4.78, 5) is 51.5. The van der Waals surface area contributed by atoms with Crippen molar-refractivity contribution in [2.75, 3.05) is 97.0 Å². The van der Waals surface area contributed by atoms with E-state index in [-0.39, 0.29) is 0 Å². The Morgan fingerprint density at radius 2 is 1.29 bits per heavy atom. The van der Waals surface area contributed by atoms with Gasteiger partial charge in [-0.25, -0.2) is 0 Å². The fourth-order valence-electron chi connectivity index (χ4n) is 4.79. The summed E-state index contributed by atoms with van der Waals surface area (Å²) in [5, 5.41) is 17.9. The standard InChI is InChI=1S/C23H41N9.C12H16N4O3/c1-5-31(6-2)17-9-15-25-21-28-22(26-16-10-18-32(7-3)8-4)30-23(29-21)27-20-13-11-19(24)12-14-20;1-7(18)11(13)12(19)16-8-3-4-9(15-6-17)10(5-8)14-2/h11-14H,5-10,15-18,24H2,1-4H3,(H3,25,26,27,28,29,30);3-6,11,14H,13H2,1-2H3,(H,15,17)(H,16,19). The molecule has 51 heavy (non-hydrogen) atoms. The average molecular weight is 708 g/mol. The normalized spacial score (nSPS) is 11.2. The van der Waals surface area contributed by atoms with Crippen molar-refractivity contribution in [1.29, 1.82) is 0 Å². The predicted molar refractivity (Wildman–Crippen MR) is 209 cm³/mol. The number of benzene rings is 2. The van der Waals surface area contributed by atoms with E-state index in [1.807, 2.05) is 24.3 Å². The Kier molecular flexibility index (Phi) is 19.3. The van der Waals surface area contributed by atoms with Crippen LogP contribution in [0.4, 0.5) is 46.3 Å². The Bertz CT molecular complexity index is 1440. The smallest absolute Gasteiger partial charge is 0.248 e. The lowest BCUT2D eigenvalue weighted by atomic mass is 10.2.